The normalized spacial score (nSPS) is 12.0. The van der Waals surface area contributed by atoms with Gasteiger partial charge in [0.25, 0.3) is 0 Å². The van der Waals surface area contributed by atoms with E-state index in [4.69, 9.17) is 0 Å². The van der Waals surface area contributed by atoms with E-state index in [1.807, 2.05) is 0 Å². The van der Waals surface area contributed by atoms with E-state index < -0.39 is 6.04 Å². The Morgan fingerprint density at radius 2 is 1.21 bits per heavy atom. The van der Waals surface area contributed by atoms with Crippen LogP contribution >= 0.6 is 0 Å². The third-order valence-electron chi connectivity index (χ3n) is 5.66. The molecule has 192 valence electrons. The first-order valence-corrected chi connectivity index (χ1v) is 13.5. The van der Waals surface area contributed by atoms with Crippen LogP contribution in [0.15, 0.2) is 12.2 Å². The molecule has 33 heavy (non-hydrogen) atoms. The molecule has 3 amide bonds. The molecule has 0 saturated carbocycles. The van der Waals surface area contributed by atoms with Gasteiger partial charge in [-0.25, -0.2) is 0 Å². The predicted molar refractivity (Wildman–Crippen MR) is 138 cm³/mol. The fraction of sp³-hybridized carbons (Fsp3) is 0.815. The van der Waals surface area contributed by atoms with E-state index in [9.17, 15) is 14.4 Å². The van der Waals surface area contributed by atoms with Crippen molar-refractivity contribution in [1.29, 1.82) is 0 Å². The Morgan fingerprint density at radius 1 is 0.636 bits per heavy atom. The molecule has 0 rings (SSSR count). The van der Waals surface area contributed by atoms with Gasteiger partial charge < -0.3 is 16.0 Å². The number of carbonyl (C=O) groups excluding carboxylic acids is 3. The summed E-state index contributed by atoms with van der Waals surface area (Å²) in [5.41, 5.74) is 0. The lowest BCUT2D eigenvalue weighted by Crippen LogP contribution is -2.47. The van der Waals surface area contributed by atoms with Crippen LogP contribution < -0.4 is 16.0 Å². The summed E-state index contributed by atoms with van der Waals surface area (Å²) >= 11 is 0. The van der Waals surface area contributed by atoms with Crippen LogP contribution in [-0.2, 0) is 14.4 Å². The van der Waals surface area contributed by atoms with E-state index in [1.165, 1.54) is 25.7 Å². The number of amides is 3. The second-order valence-electron chi connectivity index (χ2n) is 8.93. The van der Waals surface area contributed by atoms with Gasteiger partial charge in [0.15, 0.2) is 0 Å². The van der Waals surface area contributed by atoms with Crippen molar-refractivity contribution >= 4 is 17.7 Å². The molecule has 0 aromatic carbocycles. The van der Waals surface area contributed by atoms with E-state index in [-0.39, 0.29) is 24.1 Å². The average molecular weight is 466 g/mol. The van der Waals surface area contributed by atoms with Crippen LogP contribution in [0.3, 0.4) is 0 Å². The van der Waals surface area contributed by atoms with Gasteiger partial charge in [0.1, 0.15) is 6.04 Å². The molecule has 6 nitrogen and oxygen atoms in total. The highest BCUT2D eigenvalue weighted by Crippen LogP contribution is 2.08. The largest absolute Gasteiger partial charge is 0.356 e. The quantitative estimate of drug-likeness (QED) is 0.144. The number of nitrogens with one attached hydrogen (secondary N) is 3. The molecule has 0 radical (unpaired) electrons. The average Bonchev–Trinajstić information content (AvgIpc) is 2.80. The van der Waals surface area contributed by atoms with Crippen LogP contribution in [0, 0.1) is 0 Å². The molecular formula is C27H51N3O3. The van der Waals surface area contributed by atoms with Gasteiger partial charge in [0, 0.05) is 25.9 Å². The van der Waals surface area contributed by atoms with Gasteiger partial charge in [-0.3, -0.25) is 14.4 Å². The Bertz CT molecular complexity index is 535. The molecular weight excluding hydrogens is 414 g/mol. The van der Waals surface area contributed by atoms with Gasteiger partial charge >= 0.3 is 0 Å². The first-order chi connectivity index (χ1) is 16.0. The van der Waals surface area contributed by atoms with Crippen molar-refractivity contribution in [2.24, 2.45) is 0 Å². The minimum absolute atomic E-state index is 0.0662. The van der Waals surface area contributed by atoms with Gasteiger partial charge in [-0.2, -0.15) is 0 Å². The third kappa shape index (κ3) is 20.5. The van der Waals surface area contributed by atoms with E-state index in [0.29, 0.717) is 25.9 Å². The topological polar surface area (TPSA) is 87.3 Å². The van der Waals surface area contributed by atoms with Gasteiger partial charge in [0.2, 0.25) is 17.7 Å². The first-order valence-electron chi connectivity index (χ1n) is 13.5. The van der Waals surface area contributed by atoms with E-state index >= 15 is 0 Å². The SMILES string of the molecule is CCCCC/C=C/CCCCCCC(=O)N[C@@H](CCC(=O)NCCCC)C(=O)NCCCC. The van der Waals surface area contributed by atoms with Crippen molar-refractivity contribution < 1.29 is 14.4 Å². The fourth-order valence-electron chi connectivity index (χ4n) is 3.46. The van der Waals surface area contributed by atoms with Gasteiger partial charge in [-0.05, 0) is 51.4 Å². The fourth-order valence-corrected chi connectivity index (χ4v) is 3.46. The van der Waals surface area contributed by atoms with Gasteiger partial charge in [-0.1, -0.05) is 71.4 Å². The monoisotopic (exact) mass is 465 g/mol. The number of unbranched alkanes of at least 4 members (excludes halogenated alkanes) is 9. The molecule has 0 aliphatic rings. The highest BCUT2D eigenvalue weighted by atomic mass is 16.2. The molecule has 0 fully saturated rings. The van der Waals surface area contributed by atoms with Crippen LogP contribution in [0.1, 0.15) is 124 Å². The molecule has 0 aromatic rings. The van der Waals surface area contributed by atoms with Crippen LogP contribution in [0.5, 0.6) is 0 Å². The second-order valence-corrected chi connectivity index (χ2v) is 8.93. The van der Waals surface area contributed by atoms with Crippen molar-refractivity contribution in [3.05, 3.63) is 12.2 Å². The number of hydrogen-bond acceptors (Lipinski definition) is 3. The standard InChI is InChI=1S/C27H51N3O3/c1-4-7-10-11-12-13-14-15-16-17-18-19-26(32)30-24(27(33)29-23-9-6-3)20-21-25(31)28-22-8-5-2/h12-13,24H,4-11,14-23H2,1-3H3,(H,28,31)(H,29,33)(H,30,32)/b13-12+/t24-/m0/s1. The zero-order valence-corrected chi connectivity index (χ0v) is 21.7. The summed E-state index contributed by atoms with van der Waals surface area (Å²) in [6.45, 7) is 7.61. The maximum absolute atomic E-state index is 12.5. The van der Waals surface area contributed by atoms with E-state index in [0.717, 1.165) is 57.8 Å². The van der Waals surface area contributed by atoms with Crippen molar-refractivity contribution in [2.75, 3.05) is 13.1 Å². The van der Waals surface area contributed by atoms with Gasteiger partial charge in [0.05, 0.1) is 0 Å². The summed E-state index contributed by atoms with van der Waals surface area (Å²) < 4.78 is 0. The molecule has 0 aliphatic heterocycles. The lowest BCUT2D eigenvalue weighted by molar-refractivity contribution is -0.129. The van der Waals surface area contributed by atoms with Crippen LogP contribution in [0.25, 0.3) is 0 Å². The van der Waals surface area contributed by atoms with Crippen molar-refractivity contribution in [2.45, 2.75) is 130 Å². The summed E-state index contributed by atoms with van der Waals surface area (Å²) in [5, 5.41) is 8.62. The summed E-state index contributed by atoms with van der Waals surface area (Å²) in [7, 11) is 0. The molecule has 0 spiro atoms. The maximum atomic E-state index is 12.5. The zero-order chi connectivity index (χ0) is 24.6. The van der Waals surface area contributed by atoms with Gasteiger partial charge in [-0.15, -0.1) is 0 Å². The molecule has 0 aliphatic carbocycles. The number of carbonyl (C=O) groups is 3. The molecule has 0 bridgehead atoms. The number of hydrogen-bond donors (Lipinski definition) is 3. The molecule has 1 atom stereocenters. The highest BCUT2D eigenvalue weighted by molar-refractivity contribution is 5.88. The molecule has 0 unspecified atom stereocenters. The maximum Gasteiger partial charge on any atom is 0.242 e. The zero-order valence-electron chi connectivity index (χ0n) is 21.7. The minimum atomic E-state index is -0.649. The van der Waals surface area contributed by atoms with E-state index in [1.54, 1.807) is 0 Å². The summed E-state index contributed by atoms with van der Waals surface area (Å²) in [6.07, 6.45) is 19.7. The molecule has 0 heterocycles. The Kier molecular flexibility index (Phi) is 22.0. The molecule has 6 heteroatoms. The van der Waals surface area contributed by atoms with Crippen LogP contribution in [0.2, 0.25) is 0 Å². The minimum Gasteiger partial charge on any atom is -0.356 e. The molecule has 3 N–H and O–H groups in total. The Hall–Kier alpha value is -1.85. The number of allylic oxidation sites excluding steroid dienone is 2. The van der Waals surface area contributed by atoms with Crippen molar-refractivity contribution in [1.82, 2.24) is 16.0 Å². The van der Waals surface area contributed by atoms with Crippen LogP contribution in [0.4, 0.5) is 0 Å². The Morgan fingerprint density at radius 3 is 1.85 bits per heavy atom. The van der Waals surface area contributed by atoms with Crippen molar-refractivity contribution in [3.63, 3.8) is 0 Å². The summed E-state index contributed by atoms with van der Waals surface area (Å²) in [6, 6.07) is -0.649. The number of rotatable bonds is 22. The Balaban J connectivity index is 4.20. The lowest BCUT2D eigenvalue weighted by Gasteiger charge is -2.18. The predicted octanol–water partition coefficient (Wildman–Crippen LogP) is 5.56. The summed E-state index contributed by atoms with van der Waals surface area (Å²) in [4.78, 5) is 36.9. The molecule has 0 saturated heterocycles. The first kappa shape index (κ1) is 31.1. The van der Waals surface area contributed by atoms with E-state index in [2.05, 4.69) is 48.9 Å². The van der Waals surface area contributed by atoms with Crippen LogP contribution in [-0.4, -0.2) is 36.9 Å². The highest BCUT2D eigenvalue weighted by Gasteiger charge is 2.21. The Labute approximate surface area is 203 Å². The lowest BCUT2D eigenvalue weighted by atomic mass is 10.1. The second kappa shape index (κ2) is 23.3. The summed E-state index contributed by atoms with van der Waals surface area (Å²) in [5.74, 6) is -0.361. The molecule has 0 aromatic heterocycles. The smallest absolute Gasteiger partial charge is 0.242 e. The third-order valence-corrected chi connectivity index (χ3v) is 5.66. The van der Waals surface area contributed by atoms with Crippen molar-refractivity contribution in [3.8, 4) is 0 Å².